The molecule has 0 saturated carbocycles. The summed E-state index contributed by atoms with van der Waals surface area (Å²) in [5.74, 6) is -0.156. The molecule has 22 heavy (non-hydrogen) atoms. The Morgan fingerprint density at radius 3 is 2.27 bits per heavy atom. The highest BCUT2D eigenvalue weighted by Gasteiger charge is 2.36. The molecule has 2 aromatic rings. The second kappa shape index (κ2) is 6.75. The largest absolute Gasteiger partial charge is 0.396 e. The highest BCUT2D eigenvalue weighted by Crippen LogP contribution is 2.34. The van der Waals surface area contributed by atoms with Gasteiger partial charge in [0.25, 0.3) is 0 Å². The van der Waals surface area contributed by atoms with Crippen LogP contribution in [0.1, 0.15) is 23.5 Å². The van der Waals surface area contributed by atoms with Crippen molar-refractivity contribution in [1.29, 1.82) is 0 Å². The van der Waals surface area contributed by atoms with Gasteiger partial charge in [-0.3, -0.25) is 4.79 Å². The van der Waals surface area contributed by atoms with Gasteiger partial charge in [-0.25, -0.2) is 0 Å². The smallest absolute Gasteiger partial charge is 0.228 e. The Bertz CT molecular complexity index is 612. The van der Waals surface area contributed by atoms with Crippen LogP contribution in [0, 0.1) is 5.92 Å². The number of carbonyl (C=O) groups excluding carboxylic acids is 1. The van der Waals surface area contributed by atoms with Gasteiger partial charge in [0, 0.05) is 13.1 Å². The van der Waals surface area contributed by atoms with Crippen LogP contribution >= 0.6 is 0 Å². The number of amides is 1. The van der Waals surface area contributed by atoms with Crippen LogP contribution in [0.25, 0.3) is 0 Å². The van der Waals surface area contributed by atoms with Gasteiger partial charge in [-0.1, -0.05) is 60.7 Å². The molecule has 0 aliphatic carbocycles. The molecule has 0 unspecified atom stereocenters. The summed E-state index contributed by atoms with van der Waals surface area (Å²) in [6.45, 7) is 1.27. The lowest BCUT2D eigenvalue weighted by atomic mass is 9.80. The standard InChI is InChI=1S/C19H21NO2/c21-14-18-17(16-9-5-2-6-10-16)11-12-20(19(18)22)13-15-7-3-1-4-8-15/h1-10,17-18,21H,11-14H2/t17-,18+/m1/s1. The number of rotatable bonds is 4. The summed E-state index contributed by atoms with van der Waals surface area (Å²) < 4.78 is 0. The summed E-state index contributed by atoms with van der Waals surface area (Å²) in [7, 11) is 0. The Kier molecular flexibility index (Phi) is 4.54. The maximum absolute atomic E-state index is 12.7. The van der Waals surface area contributed by atoms with Crippen LogP contribution in [0.5, 0.6) is 0 Å². The molecule has 3 heteroatoms. The van der Waals surface area contributed by atoms with E-state index >= 15 is 0 Å². The molecule has 0 bridgehead atoms. The summed E-state index contributed by atoms with van der Waals surface area (Å²) in [6, 6.07) is 20.1. The summed E-state index contributed by atoms with van der Waals surface area (Å²) in [5.41, 5.74) is 2.28. The van der Waals surface area contributed by atoms with Crippen molar-refractivity contribution in [2.45, 2.75) is 18.9 Å². The van der Waals surface area contributed by atoms with Crippen LogP contribution < -0.4 is 0 Å². The van der Waals surface area contributed by atoms with Gasteiger partial charge in [-0.15, -0.1) is 0 Å². The first kappa shape index (κ1) is 14.8. The van der Waals surface area contributed by atoms with Crippen LogP contribution in [-0.2, 0) is 11.3 Å². The lowest BCUT2D eigenvalue weighted by molar-refractivity contribution is -0.141. The monoisotopic (exact) mass is 295 g/mol. The van der Waals surface area contributed by atoms with Gasteiger partial charge in [0.05, 0.1) is 12.5 Å². The van der Waals surface area contributed by atoms with Gasteiger partial charge < -0.3 is 10.0 Å². The minimum Gasteiger partial charge on any atom is -0.396 e. The molecule has 3 rings (SSSR count). The number of likely N-dealkylation sites (tertiary alicyclic amines) is 1. The fraction of sp³-hybridized carbons (Fsp3) is 0.316. The van der Waals surface area contributed by atoms with Crippen molar-refractivity contribution in [3.05, 3.63) is 71.8 Å². The lowest BCUT2D eigenvalue weighted by Crippen LogP contribution is -2.45. The summed E-state index contributed by atoms with van der Waals surface area (Å²) in [6.07, 6.45) is 0.897. The normalized spacial score (nSPS) is 21.9. The topological polar surface area (TPSA) is 40.5 Å². The number of benzene rings is 2. The van der Waals surface area contributed by atoms with E-state index in [2.05, 4.69) is 0 Å². The van der Waals surface area contributed by atoms with E-state index in [0.29, 0.717) is 6.54 Å². The third-order valence-electron chi connectivity index (χ3n) is 4.47. The quantitative estimate of drug-likeness (QED) is 0.942. The zero-order valence-electron chi connectivity index (χ0n) is 12.6. The van der Waals surface area contributed by atoms with Gasteiger partial charge in [0.15, 0.2) is 0 Å². The van der Waals surface area contributed by atoms with Crippen LogP contribution in [0.2, 0.25) is 0 Å². The molecule has 1 N–H and O–H groups in total. The minimum absolute atomic E-state index is 0.0615. The van der Waals surface area contributed by atoms with Crippen molar-refractivity contribution in [2.24, 2.45) is 5.92 Å². The molecule has 1 amide bonds. The van der Waals surface area contributed by atoms with E-state index in [9.17, 15) is 9.90 Å². The third-order valence-corrected chi connectivity index (χ3v) is 4.47. The highest BCUT2D eigenvalue weighted by atomic mass is 16.3. The molecule has 2 atom stereocenters. The van der Waals surface area contributed by atoms with Crippen molar-refractivity contribution in [2.75, 3.05) is 13.2 Å². The maximum Gasteiger partial charge on any atom is 0.228 e. The maximum atomic E-state index is 12.7. The summed E-state index contributed by atoms with van der Waals surface area (Å²) in [4.78, 5) is 14.6. The van der Waals surface area contributed by atoms with Gasteiger partial charge >= 0.3 is 0 Å². The molecule has 1 aliphatic rings. The molecule has 0 spiro atoms. The Morgan fingerprint density at radius 2 is 1.64 bits per heavy atom. The highest BCUT2D eigenvalue weighted by molar-refractivity contribution is 5.81. The number of hydrogen-bond donors (Lipinski definition) is 1. The van der Waals surface area contributed by atoms with Crippen LogP contribution in [0.3, 0.4) is 0 Å². The van der Waals surface area contributed by atoms with Gasteiger partial charge in [0.1, 0.15) is 0 Å². The van der Waals surface area contributed by atoms with Crippen molar-refractivity contribution in [1.82, 2.24) is 4.90 Å². The fourth-order valence-corrected chi connectivity index (χ4v) is 3.28. The van der Waals surface area contributed by atoms with Crippen molar-refractivity contribution in [3.63, 3.8) is 0 Å². The van der Waals surface area contributed by atoms with E-state index in [-0.39, 0.29) is 24.3 Å². The molecule has 2 aromatic carbocycles. The molecule has 0 aromatic heterocycles. The van der Waals surface area contributed by atoms with E-state index in [0.717, 1.165) is 24.1 Å². The molecule has 1 heterocycles. The van der Waals surface area contributed by atoms with Crippen molar-refractivity contribution < 1.29 is 9.90 Å². The van der Waals surface area contributed by atoms with Crippen LogP contribution in [0.15, 0.2) is 60.7 Å². The van der Waals surface area contributed by atoms with E-state index in [1.165, 1.54) is 0 Å². The first-order chi connectivity index (χ1) is 10.8. The molecule has 3 nitrogen and oxygen atoms in total. The van der Waals surface area contributed by atoms with Crippen molar-refractivity contribution in [3.8, 4) is 0 Å². The van der Waals surface area contributed by atoms with Crippen LogP contribution in [-0.4, -0.2) is 29.1 Å². The predicted molar refractivity (Wildman–Crippen MR) is 86.2 cm³/mol. The van der Waals surface area contributed by atoms with Crippen molar-refractivity contribution >= 4 is 5.91 Å². The second-order valence-electron chi connectivity index (χ2n) is 5.84. The SMILES string of the molecule is O=C1[C@@H](CO)[C@@H](c2ccccc2)CCN1Cc1ccccc1. The number of aliphatic hydroxyl groups is 1. The van der Waals surface area contributed by atoms with E-state index in [1.807, 2.05) is 65.6 Å². The lowest BCUT2D eigenvalue weighted by Gasteiger charge is -2.37. The average Bonchev–Trinajstić information content (AvgIpc) is 2.58. The Labute approximate surface area is 131 Å². The number of nitrogens with zero attached hydrogens (tertiary/aromatic N) is 1. The first-order valence-electron chi connectivity index (χ1n) is 7.78. The van der Waals surface area contributed by atoms with Gasteiger partial charge in [-0.2, -0.15) is 0 Å². The Morgan fingerprint density at radius 1 is 1.00 bits per heavy atom. The zero-order valence-corrected chi connectivity index (χ0v) is 12.6. The van der Waals surface area contributed by atoms with E-state index < -0.39 is 0 Å². The molecule has 1 saturated heterocycles. The molecule has 0 radical (unpaired) electrons. The van der Waals surface area contributed by atoms with E-state index in [1.54, 1.807) is 0 Å². The second-order valence-corrected chi connectivity index (χ2v) is 5.84. The molecular weight excluding hydrogens is 274 g/mol. The van der Waals surface area contributed by atoms with E-state index in [4.69, 9.17) is 0 Å². The number of carbonyl (C=O) groups is 1. The molecule has 1 fully saturated rings. The first-order valence-corrected chi connectivity index (χ1v) is 7.78. The zero-order chi connectivity index (χ0) is 15.4. The number of hydrogen-bond acceptors (Lipinski definition) is 2. The average molecular weight is 295 g/mol. The molecule has 114 valence electrons. The van der Waals surface area contributed by atoms with Gasteiger partial charge in [-0.05, 0) is 23.5 Å². The number of aliphatic hydroxyl groups excluding tert-OH is 1. The van der Waals surface area contributed by atoms with Gasteiger partial charge in [0.2, 0.25) is 5.91 Å². The molecular formula is C19H21NO2. The predicted octanol–water partition coefficient (Wildman–Crippen LogP) is 2.81. The molecule has 1 aliphatic heterocycles. The van der Waals surface area contributed by atoms with Crippen LogP contribution in [0.4, 0.5) is 0 Å². The Hall–Kier alpha value is -2.13. The summed E-state index contributed by atoms with van der Waals surface area (Å²) >= 11 is 0. The summed E-state index contributed by atoms with van der Waals surface area (Å²) in [5, 5.41) is 9.73. The third kappa shape index (κ3) is 3.04. The fourth-order valence-electron chi connectivity index (χ4n) is 3.28. The minimum atomic E-state index is -0.333. The number of piperidine rings is 1. The Balaban J connectivity index is 1.76.